The van der Waals surface area contributed by atoms with Gasteiger partial charge in [0.05, 0.1) is 21.3 Å². The van der Waals surface area contributed by atoms with Crippen molar-refractivity contribution >= 4 is 63.6 Å². The molecule has 0 radical (unpaired) electrons. The number of hydrazone groups is 1. The van der Waals surface area contributed by atoms with Gasteiger partial charge < -0.3 is 15.2 Å². The Labute approximate surface area is 234 Å². The molecule has 7 nitrogen and oxygen atoms in total. The van der Waals surface area contributed by atoms with Crippen LogP contribution in [0.2, 0.25) is 15.1 Å². The number of phenols is 1. The Morgan fingerprint density at radius 1 is 0.895 bits per heavy atom. The van der Waals surface area contributed by atoms with Gasteiger partial charge in [-0.05, 0) is 59.8 Å². The number of hydrogen-bond donors (Lipinski definition) is 3. The van der Waals surface area contributed by atoms with Gasteiger partial charge in [-0.3, -0.25) is 9.59 Å². The molecule has 0 fully saturated rings. The van der Waals surface area contributed by atoms with Gasteiger partial charge in [-0.2, -0.15) is 5.10 Å². The number of nitrogens with one attached hydrogen (secondary N) is 2. The second-order valence-corrected chi connectivity index (χ2v) is 9.42. The van der Waals surface area contributed by atoms with Gasteiger partial charge in [0.1, 0.15) is 11.5 Å². The van der Waals surface area contributed by atoms with E-state index in [-0.39, 0.29) is 28.8 Å². The Balaban J connectivity index is 1.35. The third-order valence-electron chi connectivity index (χ3n) is 5.58. The number of aromatic hydroxyl groups is 1. The third kappa shape index (κ3) is 6.95. The van der Waals surface area contributed by atoms with Crippen molar-refractivity contribution in [3.05, 3.63) is 105 Å². The van der Waals surface area contributed by atoms with Gasteiger partial charge in [0.15, 0.2) is 6.61 Å². The Morgan fingerprint density at radius 2 is 1.68 bits per heavy atom. The quantitative estimate of drug-likeness (QED) is 0.170. The van der Waals surface area contributed by atoms with Crippen LogP contribution in [0.15, 0.2) is 77.9 Å². The second kappa shape index (κ2) is 12.6. The lowest BCUT2D eigenvalue weighted by molar-refractivity contribution is -0.123. The van der Waals surface area contributed by atoms with Gasteiger partial charge >= 0.3 is 0 Å². The Hall–Kier alpha value is -3.78. The lowest BCUT2D eigenvalue weighted by Crippen LogP contribution is -2.30. The van der Waals surface area contributed by atoms with Crippen LogP contribution in [0.4, 0.5) is 0 Å². The summed E-state index contributed by atoms with van der Waals surface area (Å²) in [5.41, 5.74) is 4.40. The van der Waals surface area contributed by atoms with Gasteiger partial charge in [-0.15, -0.1) is 0 Å². The van der Waals surface area contributed by atoms with Crippen LogP contribution in [0.25, 0.3) is 10.8 Å². The van der Waals surface area contributed by atoms with E-state index in [4.69, 9.17) is 39.5 Å². The highest BCUT2D eigenvalue weighted by atomic mass is 35.5. The summed E-state index contributed by atoms with van der Waals surface area (Å²) in [5, 5.41) is 19.0. The first-order valence-electron chi connectivity index (χ1n) is 11.5. The standard InChI is InChI=1S/C28H22Cl3N3O4/c29-22-8-5-17(13-23(22)30)11-12-32-27(36)16-38-26-10-7-19(20-3-1-2-4-21(20)26)15-33-34-28(37)18-6-9-25(35)24(31)14-18/h1-10,13-15,35H,11-12,16H2,(H,32,36)(H,34,37). The molecule has 4 rings (SSSR count). The number of carbonyl (C=O) groups is 2. The summed E-state index contributed by atoms with van der Waals surface area (Å²) < 4.78 is 5.80. The maximum atomic E-state index is 12.3. The number of nitrogens with zero attached hydrogens (tertiary/aromatic N) is 1. The first-order valence-corrected chi connectivity index (χ1v) is 12.6. The minimum Gasteiger partial charge on any atom is -0.506 e. The number of ether oxygens (including phenoxy) is 1. The average molecular weight is 571 g/mol. The molecule has 0 saturated heterocycles. The number of carbonyl (C=O) groups excluding carboxylic acids is 2. The van der Waals surface area contributed by atoms with E-state index in [0.717, 1.165) is 21.9 Å². The molecule has 0 aliphatic carbocycles. The molecule has 0 unspecified atom stereocenters. The molecular formula is C28H22Cl3N3O4. The molecule has 0 bridgehead atoms. The number of benzene rings is 4. The SMILES string of the molecule is O=C(COc1ccc(C=NNC(=O)c2ccc(O)c(Cl)c2)c2ccccc12)NCCc1ccc(Cl)c(Cl)c1. The number of fused-ring (bicyclic) bond motifs is 1. The zero-order valence-electron chi connectivity index (χ0n) is 19.9. The van der Waals surface area contributed by atoms with Crippen LogP contribution in [0.5, 0.6) is 11.5 Å². The summed E-state index contributed by atoms with van der Waals surface area (Å²) in [6.07, 6.45) is 2.12. The highest BCUT2D eigenvalue weighted by molar-refractivity contribution is 6.42. The molecule has 0 saturated carbocycles. The fourth-order valence-electron chi connectivity index (χ4n) is 3.64. The molecule has 0 aliphatic heterocycles. The Kier molecular flexibility index (Phi) is 9.07. The highest BCUT2D eigenvalue weighted by Crippen LogP contribution is 2.28. The van der Waals surface area contributed by atoms with Crippen molar-refractivity contribution in [3.63, 3.8) is 0 Å². The first-order chi connectivity index (χ1) is 18.3. The van der Waals surface area contributed by atoms with E-state index < -0.39 is 5.91 Å². The van der Waals surface area contributed by atoms with E-state index in [9.17, 15) is 14.7 Å². The molecular weight excluding hydrogens is 549 g/mol. The van der Waals surface area contributed by atoms with Crippen molar-refractivity contribution in [2.24, 2.45) is 5.10 Å². The van der Waals surface area contributed by atoms with Gasteiger partial charge in [-0.1, -0.05) is 65.1 Å². The summed E-state index contributed by atoms with van der Waals surface area (Å²) in [5.74, 6) is -0.296. The number of hydrogen-bond acceptors (Lipinski definition) is 5. The molecule has 3 N–H and O–H groups in total. The molecule has 0 atom stereocenters. The van der Waals surface area contributed by atoms with E-state index >= 15 is 0 Å². The Morgan fingerprint density at radius 3 is 2.45 bits per heavy atom. The molecule has 10 heteroatoms. The van der Waals surface area contributed by atoms with Gasteiger partial charge in [0, 0.05) is 23.1 Å². The van der Waals surface area contributed by atoms with E-state index in [1.807, 2.05) is 30.3 Å². The van der Waals surface area contributed by atoms with E-state index in [1.54, 1.807) is 24.3 Å². The normalized spacial score (nSPS) is 11.0. The molecule has 194 valence electrons. The van der Waals surface area contributed by atoms with Gasteiger partial charge in [0.2, 0.25) is 0 Å². The van der Waals surface area contributed by atoms with E-state index in [1.165, 1.54) is 24.4 Å². The lowest BCUT2D eigenvalue weighted by atomic mass is 10.0. The number of rotatable bonds is 9. The zero-order valence-corrected chi connectivity index (χ0v) is 22.1. The van der Waals surface area contributed by atoms with Crippen LogP contribution in [0, 0.1) is 0 Å². The van der Waals surface area contributed by atoms with Gasteiger partial charge in [0.25, 0.3) is 11.8 Å². The summed E-state index contributed by atoms with van der Waals surface area (Å²) >= 11 is 17.8. The van der Waals surface area contributed by atoms with Crippen LogP contribution in [0.1, 0.15) is 21.5 Å². The number of amides is 2. The predicted molar refractivity (Wildman–Crippen MR) is 151 cm³/mol. The lowest BCUT2D eigenvalue weighted by Gasteiger charge is -2.11. The number of halogens is 3. The minimum atomic E-state index is -0.474. The molecule has 4 aromatic rings. The topological polar surface area (TPSA) is 100 Å². The summed E-state index contributed by atoms with van der Waals surface area (Å²) in [4.78, 5) is 24.6. The maximum Gasteiger partial charge on any atom is 0.271 e. The molecule has 0 spiro atoms. The van der Waals surface area contributed by atoms with Crippen LogP contribution in [-0.4, -0.2) is 36.3 Å². The molecule has 4 aromatic carbocycles. The van der Waals surface area contributed by atoms with Gasteiger partial charge in [-0.25, -0.2) is 5.43 Å². The van der Waals surface area contributed by atoms with Crippen molar-refractivity contribution in [2.75, 3.05) is 13.2 Å². The molecule has 2 amide bonds. The molecule has 0 aliphatic rings. The van der Waals surface area contributed by atoms with E-state index in [0.29, 0.717) is 28.8 Å². The largest absolute Gasteiger partial charge is 0.506 e. The van der Waals surface area contributed by atoms with Crippen LogP contribution < -0.4 is 15.5 Å². The van der Waals surface area contributed by atoms with Crippen molar-refractivity contribution in [2.45, 2.75) is 6.42 Å². The van der Waals surface area contributed by atoms with Crippen molar-refractivity contribution in [3.8, 4) is 11.5 Å². The van der Waals surface area contributed by atoms with Crippen LogP contribution >= 0.6 is 34.8 Å². The minimum absolute atomic E-state index is 0.0726. The second-order valence-electron chi connectivity index (χ2n) is 8.20. The van der Waals surface area contributed by atoms with E-state index in [2.05, 4.69) is 15.8 Å². The fraction of sp³-hybridized carbons (Fsp3) is 0.107. The molecule has 38 heavy (non-hydrogen) atoms. The molecule has 0 heterocycles. The fourth-order valence-corrected chi connectivity index (χ4v) is 4.14. The first kappa shape index (κ1) is 27.3. The van der Waals surface area contributed by atoms with Crippen molar-refractivity contribution < 1.29 is 19.4 Å². The Bertz CT molecular complexity index is 1520. The van der Waals surface area contributed by atoms with Crippen LogP contribution in [0.3, 0.4) is 0 Å². The average Bonchev–Trinajstić information content (AvgIpc) is 2.91. The highest BCUT2D eigenvalue weighted by Gasteiger charge is 2.10. The summed E-state index contributed by atoms with van der Waals surface area (Å²) in [6.45, 7) is 0.280. The summed E-state index contributed by atoms with van der Waals surface area (Å²) in [7, 11) is 0. The van der Waals surface area contributed by atoms with Crippen molar-refractivity contribution in [1.82, 2.24) is 10.7 Å². The number of phenolic OH excluding ortho intramolecular Hbond substituents is 1. The zero-order chi connectivity index (χ0) is 27.1. The monoisotopic (exact) mass is 569 g/mol. The third-order valence-corrected chi connectivity index (χ3v) is 6.62. The molecule has 0 aromatic heterocycles. The predicted octanol–water partition coefficient (Wildman–Crippen LogP) is 6.01. The van der Waals surface area contributed by atoms with Crippen molar-refractivity contribution in [1.29, 1.82) is 0 Å². The smallest absolute Gasteiger partial charge is 0.271 e. The summed E-state index contributed by atoms with van der Waals surface area (Å²) in [6, 6.07) is 20.5. The maximum absolute atomic E-state index is 12.3. The van der Waals surface area contributed by atoms with Crippen LogP contribution in [-0.2, 0) is 11.2 Å².